The molecule has 1 spiro atoms. The summed E-state index contributed by atoms with van der Waals surface area (Å²) in [7, 11) is 0. The molecule has 4 amide bonds. The molecule has 3 rings (SSSR count). The third kappa shape index (κ3) is 2.37. The molecule has 0 bridgehead atoms. The van der Waals surface area contributed by atoms with Crippen LogP contribution in [0.25, 0.3) is 0 Å². The average molecular weight is 280 g/mol. The van der Waals surface area contributed by atoms with E-state index < -0.39 is 11.6 Å². The van der Waals surface area contributed by atoms with Crippen LogP contribution < -0.4 is 16.4 Å². The number of imide groups is 1. The largest absolute Gasteiger partial charge is 0.340 e. The fraction of sp³-hybridized carbons (Fsp3) is 0.769. The first-order valence-electron chi connectivity index (χ1n) is 7.17. The van der Waals surface area contributed by atoms with Gasteiger partial charge in [-0.15, -0.1) is 0 Å². The second kappa shape index (κ2) is 4.73. The molecule has 4 N–H and O–H groups in total. The second-order valence-electron chi connectivity index (χ2n) is 6.11. The molecule has 2 atom stereocenters. The van der Waals surface area contributed by atoms with Gasteiger partial charge < -0.3 is 16.0 Å². The maximum atomic E-state index is 12.3. The van der Waals surface area contributed by atoms with E-state index in [1.165, 1.54) is 0 Å². The first-order chi connectivity index (χ1) is 9.50. The van der Waals surface area contributed by atoms with Crippen LogP contribution in [0.15, 0.2) is 0 Å². The molecule has 3 aliphatic rings. The predicted molar refractivity (Wildman–Crippen MR) is 70.5 cm³/mol. The van der Waals surface area contributed by atoms with E-state index in [9.17, 15) is 14.4 Å². The molecule has 3 fully saturated rings. The van der Waals surface area contributed by atoms with E-state index in [1.54, 1.807) is 4.90 Å². The molecule has 2 unspecified atom stereocenters. The average Bonchev–Trinajstić information content (AvgIpc) is 3.19. The van der Waals surface area contributed by atoms with Crippen LogP contribution in [0, 0.1) is 5.92 Å². The SMILES string of the molecule is NC(CC(=O)N1CCCC2(C1)NC(=O)NC2=O)C1CC1. The standard InChI is InChI=1S/C13H20N4O3/c14-9(8-2-3-8)6-10(18)17-5-1-4-13(7-17)11(19)15-12(20)16-13/h8-9H,1-7,14H2,(H2,15,16,19,20). The van der Waals surface area contributed by atoms with Crippen molar-refractivity contribution >= 4 is 17.8 Å². The van der Waals surface area contributed by atoms with Gasteiger partial charge in [-0.3, -0.25) is 14.9 Å². The van der Waals surface area contributed by atoms with E-state index in [4.69, 9.17) is 5.73 Å². The van der Waals surface area contributed by atoms with Gasteiger partial charge in [-0.1, -0.05) is 0 Å². The summed E-state index contributed by atoms with van der Waals surface area (Å²) in [6, 6.07) is -0.550. The first kappa shape index (κ1) is 13.4. The maximum absolute atomic E-state index is 12.3. The number of hydrogen-bond acceptors (Lipinski definition) is 4. The Kier molecular flexibility index (Phi) is 3.16. The van der Waals surface area contributed by atoms with Crippen molar-refractivity contribution in [3.05, 3.63) is 0 Å². The number of amides is 4. The van der Waals surface area contributed by atoms with Crippen LogP contribution in [-0.4, -0.2) is 47.4 Å². The zero-order valence-corrected chi connectivity index (χ0v) is 11.4. The van der Waals surface area contributed by atoms with Crippen LogP contribution >= 0.6 is 0 Å². The van der Waals surface area contributed by atoms with E-state index >= 15 is 0 Å². The molecular formula is C13H20N4O3. The Morgan fingerprint density at radius 2 is 2.20 bits per heavy atom. The Bertz CT molecular complexity index is 463. The lowest BCUT2D eigenvalue weighted by Crippen LogP contribution is -2.59. The Balaban J connectivity index is 1.64. The summed E-state index contributed by atoms with van der Waals surface area (Å²) in [5.41, 5.74) is 5.05. The van der Waals surface area contributed by atoms with Crippen LogP contribution in [0.3, 0.4) is 0 Å². The Morgan fingerprint density at radius 3 is 2.80 bits per heavy atom. The molecule has 0 radical (unpaired) electrons. The van der Waals surface area contributed by atoms with Crippen molar-refractivity contribution in [1.29, 1.82) is 0 Å². The molecule has 0 aromatic heterocycles. The zero-order chi connectivity index (χ0) is 14.3. The molecule has 1 saturated carbocycles. The summed E-state index contributed by atoms with van der Waals surface area (Å²) >= 11 is 0. The quantitative estimate of drug-likeness (QED) is 0.595. The Morgan fingerprint density at radius 1 is 1.45 bits per heavy atom. The minimum atomic E-state index is -0.936. The van der Waals surface area contributed by atoms with Crippen molar-refractivity contribution in [2.45, 2.75) is 43.7 Å². The second-order valence-corrected chi connectivity index (χ2v) is 6.11. The number of nitrogens with zero attached hydrogens (tertiary/aromatic N) is 1. The van der Waals surface area contributed by atoms with E-state index in [0.717, 1.165) is 12.8 Å². The molecular weight excluding hydrogens is 260 g/mol. The van der Waals surface area contributed by atoms with Crippen molar-refractivity contribution < 1.29 is 14.4 Å². The zero-order valence-electron chi connectivity index (χ0n) is 11.4. The topological polar surface area (TPSA) is 105 Å². The van der Waals surface area contributed by atoms with Gasteiger partial charge in [-0.25, -0.2) is 4.79 Å². The van der Waals surface area contributed by atoms with Gasteiger partial charge in [0.05, 0.1) is 6.54 Å². The predicted octanol–water partition coefficient (Wildman–Crippen LogP) is -0.686. The molecule has 7 heteroatoms. The van der Waals surface area contributed by atoms with Gasteiger partial charge in [0.25, 0.3) is 5.91 Å². The summed E-state index contributed by atoms with van der Waals surface area (Å²) in [4.78, 5) is 37.2. The van der Waals surface area contributed by atoms with Gasteiger partial charge in [0.15, 0.2) is 0 Å². The van der Waals surface area contributed by atoms with E-state index in [1.807, 2.05) is 0 Å². The minimum absolute atomic E-state index is 0.0163. The van der Waals surface area contributed by atoms with Crippen molar-refractivity contribution in [2.24, 2.45) is 11.7 Å². The molecule has 1 aliphatic carbocycles. The van der Waals surface area contributed by atoms with Crippen molar-refractivity contribution in [3.63, 3.8) is 0 Å². The number of likely N-dealkylation sites (tertiary alicyclic amines) is 1. The van der Waals surface area contributed by atoms with Crippen LogP contribution in [0.1, 0.15) is 32.1 Å². The van der Waals surface area contributed by atoms with E-state index in [2.05, 4.69) is 10.6 Å². The first-order valence-corrected chi connectivity index (χ1v) is 7.17. The Hall–Kier alpha value is -1.63. The molecule has 110 valence electrons. The van der Waals surface area contributed by atoms with Gasteiger partial charge in [0, 0.05) is 19.0 Å². The summed E-state index contributed by atoms with van der Waals surface area (Å²) in [5, 5.41) is 4.92. The molecule has 2 heterocycles. The van der Waals surface area contributed by atoms with Crippen LogP contribution in [-0.2, 0) is 9.59 Å². The van der Waals surface area contributed by atoms with Crippen molar-refractivity contribution in [2.75, 3.05) is 13.1 Å². The van der Waals surface area contributed by atoms with Crippen LogP contribution in [0.4, 0.5) is 4.79 Å². The highest BCUT2D eigenvalue weighted by Crippen LogP contribution is 2.33. The summed E-state index contributed by atoms with van der Waals surface area (Å²) in [6.45, 7) is 0.877. The number of carbonyl (C=O) groups excluding carboxylic acids is 3. The fourth-order valence-corrected chi connectivity index (χ4v) is 3.11. The van der Waals surface area contributed by atoms with Gasteiger partial charge in [0.2, 0.25) is 5.91 Å². The van der Waals surface area contributed by atoms with E-state index in [-0.39, 0.29) is 24.4 Å². The number of nitrogens with one attached hydrogen (secondary N) is 2. The molecule has 0 aromatic carbocycles. The van der Waals surface area contributed by atoms with E-state index in [0.29, 0.717) is 31.7 Å². The molecule has 0 aromatic rings. The number of rotatable bonds is 3. The minimum Gasteiger partial charge on any atom is -0.340 e. The molecule has 2 aliphatic heterocycles. The molecule has 7 nitrogen and oxygen atoms in total. The van der Waals surface area contributed by atoms with Crippen LogP contribution in [0.2, 0.25) is 0 Å². The Labute approximate surface area is 117 Å². The highest BCUT2D eigenvalue weighted by molar-refractivity contribution is 6.07. The van der Waals surface area contributed by atoms with Crippen molar-refractivity contribution in [3.8, 4) is 0 Å². The monoisotopic (exact) mass is 280 g/mol. The normalized spacial score (nSPS) is 31.1. The lowest BCUT2D eigenvalue weighted by atomic mass is 9.89. The molecule has 2 saturated heterocycles. The fourth-order valence-electron chi connectivity index (χ4n) is 3.11. The third-order valence-electron chi connectivity index (χ3n) is 4.50. The van der Waals surface area contributed by atoms with Gasteiger partial charge >= 0.3 is 6.03 Å². The lowest BCUT2D eigenvalue weighted by molar-refractivity contribution is -0.136. The molecule has 20 heavy (non-hydrogen) atoms. The van der Waals surface area contributed by atoms with Gasteiger partial charge in [-0.2, -0.15) is 0 Å². The number of nitrogens with two attached hydrogens (primary N) is 1. The number of piperidine rings is 1. The number of carbonyl (C=O) groups is 3. The smallest absolute Gasteiger partial charge is 0.322 e. The highest BCUT2D eigenvalue weighted by atomic mass is 16.2. The van der Waals surface area contributed by atoms with Crippen molar-refractivity contribution in [1.82, 2.24) is 15.5 Å². The number of hydrogen-bond donors (Lipinski definition) is 3. The van der Waals surface area contributed by atoms with Crippen LogP contribution in [0.5, 0.6) is 0 Å². The summed E-state index contributed by atoms with van der Waals surface area (Å²) < 4.78 is 0. The summed E-state index contributed by atoms with van der Waals surface area (Å²) in [6.07, 6.45) is 3.82. The third-order valence-corrected chi connectivity index (χ3v) is 4.50. The lowest BCUT2D eigenvalue weighted by Gasteiger charge is -2.38. The van der Waals surface area contributed by atoms with Gasteiger partial charge in [-0.05, 0) is 31.6 Å². The number of urea groups is 1. The highest BCUT2D eigenvalue weighted by Gasteiger charge is 2.49. The summed E-state index contributed by atoms with van der Waals surface area (Å²) in [5.74, 6) is 0.135. The van der Waals surface area contributed by atoms with Gasteiger partial charge in [0.1, 0.15) is 5.54 Å². The maximum Gasteiger partial charge on any atom is 0.322 e.